The molecule has 0 bridgehead atoms. The van der Waals surface area contributed by atoms with Gasteiger partial charge in [0.1, 0.15) is 24.9 Å². The highest BCUT2D eigenvalue weighted by Gasteiger charge is 2.45. The number of imidazole rings is 1. The summed E-state index contributed by atoms with van der Waals surface area (Å²) < 4.78 is 6.63. The Bertz CT molecular complexity index is 945. The molecule has 1 saturated heterocycles. The van der Waals surface area contributed by atoms with Crippen LogP contribution in [0.15, 0.2) is 9.59 Å². The second kappa shape index (κ2) is 5.96. The lowest BCUT2D eigenvalue weighted by atomic mass is 10.1. The van der Waals surface area contributed by atoms with Crippen LogP contribution >= 0.6 is 0 Å². The van der Waals surface area contributed by atoms with Crippen molar-refractivity contribution < 1.29 is 30.0 Å². The number of carboxylic acid groups (broad SMARTS) is 1. The Morgan fingerprint density at radius 3 is 2.56 bits per heavy atom. The normalized spacial score (nSPS) is 26.4. The number of nitrogen functional groups attached to an aromatic ring is 1. The highest BCUT2D eigenvalue weighted by Crippen LogP contribution is 2.30. The van der Waals surface area contributed by atoms with Crippen molar-refractivity contribution in [3.8, 4) is 0 Å². The van der Waals surface area contributed by atoms with Crippen LogP contribution in [0, 0.1) is 0 Å². The standard InChI is InChI=1S/C12H15N5O8/c13-11-14-8-5(9(23)15-11)16(1-4(19)20)12(24)17(8)10-7(22)6(21)3(2-18)25-10/h3,6-7,10,18,21-22H,1-2H2,(H,19,20)(H3,13,14,15,23). The predicted molar refractivity (Wildman–Crippen MR) is 79.7 cm³/mol. The van der Waals surface area contributed by atoms with Gasteiger partial charge in [-0.15, -0.1) is 0 Å². The van der Waals surface area contributed by atoms with Gasteiger partial charge in [-0.3, -0.25) is 19.1 Å². The quantitative estimate of drug-likeness (QED) is 0.314. The van der Waals surface area contributed by atoms with Crippen LogP contribution in [0.5, 0.6) is 0 Å². The van der Waals surface area contributed by atoms with E-state index in [4.69, 9.17) is 20.7 Å². The fraction of sp³-hybridized carbons (Fsp3) is 0.500. The first kappa shape index (κ1) is 17.1. The lowest BCUT2D eigenvalue weighted by Crippen LogP contribution is -2.36. The number of anilines is 1. The van der Waals surface area contributed by atoms with Crippen molar-refractivity contribution in [3.05, 3.63) is 20.8 Å². The molecule has 3 rings (SSSR count). The highest BCUT2D eigenvalue weighted by molar-refractivity contribution is 5.75. The Morgan fingerprint density at radius 1 is 1.32 bits per heavy atom. The molecule has 0 spiro atoms. The third-order valence-electron chi connectivity index (χ3n) is 3.89. The van der Waals surface area contributed by atoms with Crippen molar-refractivity contribution >= 4 is 23.1 Å². The molecule has 1 fully saturated rings. The Morgan fingerprint density at radius 2 is 2.00 bits per heavy atom. The van der Waals surface area contributed by atoms with Gasteiger partial charge < -0.3 is 30.9 Å². The van der Waals surface area contributed by atoms with Crippen LogP contribution < -0.4 is 17.0 Å². The molecule has 13 nitrogen and oxygen atoms in total. The molecule has 136 valence electrons. The second-order valence-electron chi connectivity index (χ2n) is 5.48. The van der Waals surface area contributed by atoms with Crippen LogP contribution in [-0.4, -0.2) is 70.4 Å². The molecule has 2 aromatic heterocycles. The van der Waals surface area contributed by atoms with Crippen molar-refractivity contribution in [1.82, 2.24) is 19.1 Å². The van der Waals surface area contributed by atoms with E-state index < -0.39 is 54.9 Å². The van der Waals surface area contributed by atoms with Crippen LogP contribution in [0.1, 0.15) is 6.23 Å². The van der Waals surface area contributed by atoms with Gasteiger partial charge in [-0.05, 0) is 0 Å². The molecule has 0 aromatic carbocycles. The second-order valence-corrected chi connectivity index (χ2v) is 5.48. The third kappa shape index (κ3) is 2.58. The van der Waals surface area contributed by atoms with Gasteiger partial charge in [-0.2, -0.15) is 4.98 Å². The van der Waals surface area contributed by atoms with Crippen LogP contribution in [0.3, 0.4) is 0 Å². The molecule has 0 amide bonds. The first-order chi connectivity index (χ1) is 11.8. The number of hydrogen-bond donors (Lipinski definition) is 6. The molecule has 0 saturated carbocycles. The van der Waals surface area contributed by atoms with Gasteiger partial charge in [0.25, 0.3) is 5.56 Å². The maximum atomic E-state index is 12.6. The summed E-state index contributed by atoms with van der Waals surface area (Å²) in [7, 11) is 0. The summed E-state index contributed by atoms with van der Waals surface area (Å²) in [5.41, 5.74) is 2.92. The zero-order chi connectivity index (χ0) is 18.5. The smallest absolute Gasteiger partial charge is 0.333 e. The minimum Gasteiger partial charge on any atom is -0.480 e. The van der Waals surface area contributed by atoms with E-state index in [1.54, 1.807) is 0 Å². The minimum atomic E-state index is -1.62. The number of aliphatic hydroxyl groups is 3. The van der Waals surface area contributed by atoms with Gasteiger partial charge in [0.05, 0.1) is 6.61 Å². The highest BCUT2D eigenvalue weighted by atomic mass is 16.6. The number of aromatic nitrogens is 4. The number of carbonyl (C=O) groups is 1. The van der Waals surface area contributed by atoms with E-state index in [0.717, 1.165) is 4.57 Å². The van der Waals surface area contributed by atoms with E-state index in [-0.39, 0.29) is 17.1 Å². The number of fused-ring (bicyclic) bond motifs is 1. The molecule has 0 radical (unpaired) electrons. The van der Waals surface area contributed by atoms with Gasteiger partial charge in [-0.1, -0.05) is 0 Å². The summed E-state index contributed by atoms with van der Waals surface area (Å²) in [6.07, 6.45) is -5.80. The summed E-state index contributed by atoms with van der Waals surface area (Å²) in [4.78, 5) is 41.7. The van der Waals surface area contributed by atoms with E-state index in [9.17, 15) is 24.6 Å². The fourth-order valence-corrected chi connectivity index (χ4v) is 2.80. The van der Waals surface area contributed by atoms with Crippen LogP contribution in [0.4, 0.5) is 5.95 Å². The number of ether oxygens (including phenoxy) is 1. The number of aliphatic hydroxyl groups excluding tert-OH is 3. The fourth-order valence-electron chi connectivity index (χ4n) is 2.80. The molecule has 3 heterocycles. The van der Waals surface area contributed by atoms with Gasteiger partial charge in [0, 0.05) is 0 Å². The molecule has 4 unspecified atom stereocenters. The number of aliphatic carboxylic acids is 1. The van der Waals surface area contributed by atoms with Gasteiger partial charge in [0.15, 0.2) is 17.4 Å². The van der Waals surface area contributed by atoms with Crippen LogP contribution in [0.25, 0.3) is 11.2 Å². The molecular weight excluding hydrogens is 342 g/mol. The molecule has 0 aliphatic carbocycles. The Kier molecular flexibility index (Phi) is 4.08. The summed E-state index contributed by atoms with van der Waals surface area (Å²) in [6, 6.07) is 0. The van der Waals surface area contributed by atoms with E-state index in [1.165, 1.54) is 0 Å². The van der Waals surface area contributed by atoms with Gasteiger partial charge >= 0.3 is 11.7 Å². The largest absolute Gasteiger partial charge is 0.480 e. The maximum Gasteiger partial charge on any atom is 0.333 e. The van der Waals surface area contributed by atoms with Crippen molar-refractivity contribution in [3.63, 3.8) is 0 Å². The molecule has 1 aliphatic rings. The predicted octanol–water partition coefficient (Wildman–Crippen LogP) is -3.84. The topological polar surface area (TPSA) is 206 Å². The third-order valence-corrected chi connectivity index (χ3v) is 3.89. The number of nitrogens with one attached hydrogen (secondary N) is 1. The van der Waals surface area contributed by atoms with E-state index >= 15 is 0 Å². The molecule has 13 heteroatoms. The van der Waals surface area contributed by atoms with Crippen molar-refractivity contribution in [2.24, 2.45) is 0 Å². The average molecular weight is 357 g/mol. The number of nitrogens with zero attached hydrogens (tertiary/aromatic N) is 3. The minimum absolute atomic E-state index is 0.317. The van der Waals surface area contributed by atoms with Crippen LogP contribution in [0.2, 0.25) is 0 Å². The first-order valence-electron chi connectivity index (χ1n) is 7.11. The summed E-state index contributed by atoms with van der Waals surface area (Å²) in [6.45, 7) is -1.47. The van der Waals surface area contributed by atoms with Crippen LogP contribution in [-0.2, 0) is 16.1 Å². The van der Waals surface area contributed by atoms with Gasteiger partial charge in [0.2, 0.25) is 5.95 Å². The Balaban J connectivity index is 2.29. The molecule has 25 heavy (non-hydrogen) atoms. The summed E-state index contributed by atoms with van der Waals surface area (Å²) >= 11 is 0. The zero-order valence-electron chi connectivity index (χ0n) is 12.6. The van der Waals surface area contributed by atoms with Crippen molar-refractivity contribution in [2.45, 2.75) is 31.1 Å². The SMILES string of the molecule is Nc1nc2c(c(=O)[nH]1)n(CC(=O)O)c(=O)n2C1OC(CO)C(O)C1O. The lowest BCUT2D eigenvalue weighted by Gasteiger charge is -2.15. The lowest BCUT2D eigenvalue weighted by molar-refractivity contribution is -0.137. The number of nitrogens with two attached hydrogens (primary N) is 1. The molecular formula is C12H15N5O8. The summed E-state index contributed by atoms with van der Waals surface area (Å²) in [5.74, 6) is -1.73. The Labute approximate surface area is 137 Å². The summed E-state index contributed by atoms with van der Waals surface area (Å²) in [5, 5.41) is 38.1. The monoisotopic (exact) mass is 357 g/mol. The van der Waals surface area contributed by atoms with Crippen molar-refractivity contribution in [2.75, 3.05) is 12.3 Å². The van der Waals surface area contributed by atoms with Gasteiger partial charge in [-0.25, -0.2) is 9.36 Å². The number of H-pyrrole nitrogens is 1. The number of rotatable bonds is 4. The van der Waals surface area contributed by atoms with Crippen molar-refractivity contribution in [1.29, 1.82) is 0 Å². The number of aromatic amines is 1. The molecule has 2 aromatic rings. The Hall–Kier alpha value is -2.74. The van der Waals surface area contributed by atoms with E-state index in [1.807, 2.05) is 0 Å². The van der Waals surface area contributed by atoms with E-state index in [2.05, 4.69) is 9.97 Å². The zero-order valence-corrected chi connectivity index (χ0v) is 12.6. The molecule has 4 atom stereocenters. The van der Waals surface area contributed by atoms with E-state index in [0.29, 0.717) is 4.57 Å². The molecule has 1 aliphatic heterocycles. The maximum absolute atomic E-state index is 12.6. The molecule has 7 N–H and O–H groups in total. The average Bonchev–Trinajstić information content (AvgIpc) is 2.95. The first-order valence-corrected chi connectivity index (χ1v) is 7.11. The number of carboxylic acids is 1. The number of hydrogen-bond acceptors (Lipinski definition) is 9.